The van der Waals surface area contributed by atoms with E-state index in [-0.39, 0.29) is 11.9 Å². The van der Waals surface area contributed by atoms with Crippen LogP contribution in [0.1, 0.15) is 52.4 Å². The van der Waals surface area contributed by atoms with Crippen LogP contribution in [0.15, 0.2) is 36.7 Å². The molecule has 2 aliphatic heterocycles. The van der Waals surface area contributed by atoms with Crippen molar-refractivity contribution in [1.29, 1.82) is 0 Å². The Kier molecular flexibility index (Phi) is 7.88. The number of fused-ring (bicyclic) bond motifs is 1. The van der Waals surface area contributed by atoms with E-state index >= 15 is 0 Å². The van der Waals surface area contributed by atoms with Crippen molar-refractivity contribution in [2.75, 3.05) is 70.2 Å². The molecule has 0 spiro atoms. The second kappa shape index (κ2) is 11.9. The fourth-order valence-electron chi connectivity index (χ4n) is 6.01. The Bertz CT molecular complexity index is 1330. The van der Waals surface area contributed by atoms with Gasteiger partial charge < -0.3 is 25.2 Å². The fourth-order valence-corrected chi connectivity index (χ4v) is 6.01. The van der Waals surface area contributed by atoms with Gasteiger partial charge in [-0.25, -0.2) is 19.9 Å². The van der Waals surface area contributed by atoms with Crippen molar-refractivity contribution in [1.82, 2.24) is 29.7 Å². The van der Waals surface area contributed by atoms with Crippen LogP contribution in [0.3, 0.4) is 0 Å². The van der Waals surface area contributed by atoms with Crippen LogP contribution in [0.25, 0.3) is 11.3 Å². The Balaban J connectivity index is 1.25. The molecule has 6 rings (SSSR count). The number of amides is 1. The van der Waals surface area contributed by atoms with Gasteiger partial charge in [-0.2, -0.15) is 0 Å². The highest BCUT2D eigenvalue weighted by molar-refractivity contribution is 5.94. The third-order valence-corrected chi connectivity index (χ3v) is 8.38. The lowest BCUT2D eigenvalue weighted by Gasteiger charge is -2.32. The maximum atomic E-state index is 13.2. The number of aryl methyl sites for hydroxylation is 1. The van der Waals surface area contributed by atoms with Gasteiger partial charge in [-0.3, -0.25) is 4.79 Å². The summed E-state index contributed by atoms with van der Waals surface area (Å²) in [5, 5.41) is 0. The lowest BCUT2D eigenvalue weighted by Crippen LogP contribution is -2.47. The number of carbonyl (C=O) groups is 1. The summed E-state index contributed by atoms with van der Waals surface area (Å²) in [5.41, 5.74) is 11.9. The van der Waals surface area contributed by atoms with E-state index in [1.165, 1.54) is 11.1 Å². The van der Waals surface area contributed by atoms with E-state index in [2.05, 4.69) is 38.9 Å². The number of nitrogens with zero attached hydrogens (tertiary/aromatic N) is 7. The molecule has 1 aliphatic carbocycles. The Morgan fingerprint density at radius 2 is 1.82 bits per heavy atom. The van der Waals surface area contributed by atoms with Gasteiger partial charge in [0.15, 0.2) is 0 Å². The second-order valence-electron chi connectivity index (χ2n) is 11.1. The minimum absolute atomic E-state index is 0.135. The second-order valence-corrected chi connectivity index (χ2v) is 11.1. The van der Waals surface area contributed by atoms with Gasteiger partial charge in [-0.05, 0) is 56.8 Å². The zero-order valence-corrected chi connectivity index (χ0v) is 23.3. The number of aromatic nitrogens is 4. The van der Waals surface area contributed by atoms with Crippen molar-refractivity contribution in [3.8, 4) is 11.3 Å². The number of hydrogen-bond acceptors (Lipinski definition) is 9. The van der Waals surface area contributed by atoms with E-state index in [9.17, 15) is 4.79 Å². The van der Waals surface area contributed by atoms with Gasteiger partial charge in [0.2, 0.25) is 11.9 Å². The molecule has 1 unspecified atom stereocenters. The Morgan fingerprint density at radius 3 is 2.60 bits per heavy atom. The summed E-state index contributed by atoms with van der Waals surface area (Å²) in [6, 6.07) is 8.19. The zero-order valence-electron chi connectivity index (χ0n) is 23.3. The number of morpholine rings is 1. The molecule has 1 aromatic carbocycles. The first-order chi connectivity index (χ1) is 19.5. The van der Waals surface area contributed by atoms with Gasteiger partial charge in [0.05, 0.1) is 24.6 Å². The lowest BCUT2D eigenvalue weighted by atomic mass is 9.82. The molecule has 2 saturated heterocycles. The molecule has 0 bridgehead atoms. The Labute approximate surface area is 235 Å². The van der Waals surface area contributed by atoms with Crippen LogP contribution < -0.4 is 10.6 Å². The van der Waals surface area contributed by atoms with Crippen LogP contribution in [-0.4, -0.2) is 95.2 Å². The highest BCUT2D eigenvalue weighted by Crippen LogP contribution is 2.39. The van der Waals surface area contributed by atoms with Crippen molar-refractivity contribution in [2.24, 2.45) is 0 Å². The molecule has 2 aromatic heterocycles. The summed E-state index contributed by atoms with van der Waals surface area (Å²) in [4.78, 5) is 38.3. The molecule has 1 amide bonds. The average Bonchev–Trinajstić information content (AvgIpc) is 3.00. The Hall–Kier alpha value is -3.63. The minimum Gasteiger partial charge on any atom is -0.378 e. The predicted octanol–water partition coefficient (Wildman–Crippen LogP) is 2.79. The smallest absolute Gasteiger partial charge is 0.253 e. The van der Waals surface area contributed by atoms with E-state index in [4.69, 9.17) is 20.4 Å². The fraction of sp³-hybridized carbons (Fsp3) is 0.500. The molecule has 210 valence electrons. The zero-order chi connectivity index (χ0) is 27.5. The van der Waals surface area contributed by atoms with Crippen LogP contribution in [-0.2, 0) is 17.6 Å². The van der Waals surface area contributed by atoms with Gasteiger partial charge in [0, 0.05) is 74.3 Å². The number of hydrogen-bond donors (Lipinski definition) is 1. The maximum Gasteiger partial charge on any atom is 0.253 e. The maximum absolute atomic E-state index is 13.2. The van der Waals surface area contributed by atoms with Crippen LogP contribution in [0, 0.1) is 0 Å². The van der Waals surface area contributed by atoms with Gasteiger partial charge in [-0.15, -0.1) is 0 Å². The lowest BCUT2D eigenvalue weighted by molar-refractivity contribution is 0.0664. The predicted molar refractivity (Wildman–Crippen MR) is 154 cm³/mol. The highest BCUT2D eigenvalue weighted by atomic mass is 16.5. The van der Waals surface area contributed by atoms with E-state index in [1.54, 1.807) is 12.4 Å². The number of rotatable bonds is 6. The van der Waals surface area contributed by atoms with Crippen molar-refractivity contribution >= 4 is 17.8 Å². The molecule has 3 aromatic rings. The summed E-state index contributed by atoms with van der Waals surface area (Å²) in [6.45, 7) is 6.30. The summed E-state index contributed by atoms with van der Waals surface area (Å²) in [6.07, 6.45) is 8.50. The van der Waals surface area contributed by atoms with Crippen molar-refractivity contribution in [2.45, 2.75) is 38.0 Å². The van der Waals surface area contributed by atoms with Crippen molar-refractivity contribution in [3.05, 3.63) is 59.0 Å². The molecular weight excluding hydrogens is 504 g/mol. The molecule has 1 atom stereocenters. The average molecular weight is 543 g/mol. The normalized spacial score (nSPS) is 19.9. The topological polar surface area (TPSA) is 114 Å². The standard InChI is InChI=1S/C30H38N8O2/c1-36-10-12-37(13-11-36)28(39)23-6-2-4-21(18-23)8-9-22-5-3-7-25-26(22)34-30(38-14-16-40-17-15-38)35-27(25)24-19-32-29(31)33-20-24/h2,4,6,18-20,22H,3,5,7-17H2,1H3,(H2,31,32,33). The van der Waals surface area contributed by atoms with Crippen molar-refractivity contribution < 1.29 is 9.53 Å². The number of likely N-dealkylation sites (N-methyl/N-ethyl adjacent to an activating group) is 1. The van der Waals surface area contributed by atoms with Gasteiger partial charge >= 0.3 is 0 Å². The van der Waals surface area contributed by atoms with E-state index < -0.39 is 0 Å². The molecule has 10 nitrogen and oxygen atoms in total. The highest BCUT2D eigenvalue weighted by Gasteiger charge is 2.28. The quantitative estimate of drug-likeness (QED) is 0.502. The van der Waals surface area contributed by atoms with Crippen LogP contribution in [0.5, 0.6) is 0 Å². The molecule has 10 heteroatoms. The van der Waals surface area contributed by atoms with Crippen LogP contribution in [0.4, 0.5) is 11.9 Å². The first-order valence-electron chi connectivity index (χ1n) is 14.4. The summed E-state index contributed by atoms with van der Waals surface area (Å²) < 4.78 is 5.58. The number of benzene rings is 1. The number of ether oxygens (including phenoxy) is 1. The van der Waals surface area contributed by atoms with E-state index in [0.29, 0.717) is 19.1 Å². The number of nitrogen functional groups attached to an aromatic ring is 1. The van der Waals surface area contributed by atoms with E-state index in [1.807, 2.05) is 17.0 Å². The van der Waals surface area contributed by atoms with Gasteiger partial charge in [0.25, 0.3) is 5.91 Å². The summed E-state index contributed by atoms with van der Waals surface area (Å²) >= 11 is 0. The first kappa shape index (κ1) is 26.6. The summed E-state index contributed by atoms with van der Waals surface area (Å²) in [7, 11) is 2.10. The molecule has 2 N–H and O–H groups in total. The van der Waals surface area contributed by atoms with Crippen molar-refractivity contribution in [3.63, 3.8) is 0 Å². The number of anilines is 2. The molecule has 4 heterocycles. The monoisotopic (exact) mass is 542 g/mol. The van der Waals surface area contributed by atoms with Crippen LogP contribution >= 0.6 is 0 Å². The molecule has 2 fully saturated rings. The van der Waals surface area contributed by atoms with Crippen LogP contribution in [0.2, 0.25) is 0 Å². The summed E-state index contributed by atoms with van der Waals surface area (Å²) in [5.74, 6) is 1.46. The number of nitrogens with two attached hydrogens (primary N) is 1. The van der Waals surface area contributed by atoms with Gasteiger partial charge in [-0.1, -0.05) is 12.1 Å². The number of carbonyl (C=O) groups excluding carboxylic acids is 1. The third-order valence-electron chi connectivity index (χ3n) is 8.38. The molecular formula is C30H38N8O2. The largest absolute Gasteiger partial charge is 0.378 e. The first-order valence-corrected chi connectivity index (χ1v) is 14.4. The molecule has 0 saturated carbocycles. The molecule has 40 heavy (non-hydrogen) atoms. The minimum atomic E-state index is 0.135. The third kappa shape index (κ3) is 5.78. The Morgan fingerprint density at radius 1 is 1.05 bits per heavy atom. The molecule has 3 aliphatic rings. The van der Waals surface area contributed by atoms with E-state index in [0.717, 1.165) is 99.8 Å². The van der Waals surface area contributed by atoms with Gasteiger partial charge in [0.1, 0.15) is 0 Å². The molecule has 0 radical (unpaired) electrons. The SMILES string of the molecule is CN1CCN(C(=O)c2cccc(CCC3CCCc4c(-c5cnc(N)nc5)nc(N5CCOCC5)nc43)c2)CC1. The number of piperazine rings is 1.